The lowest BCUT2D eigenvalue weighted by Crippen LogP contribution is -2.24. The third-order valence-corrected chi connectivity index (χ3v) is 1.97. The summed E-state index contributed by atoms with van der Waals surface area (Å²) in [5.41, 5.74) is 0. The van der Waals surface area contributed by atoms with Crippen molar-refractivity contribution in [1.29, 1.82) is 0 Å². The van der Waals surface area contributed by atoms with Gasteiger partial charge in [-0.3, -0.25) is 0 Å². The molecule has 1 heterocycles. The van der Waals surface area contributed by atoms with Gasteiger partial charge in [-0.15, -0.1) is 0 Å². The molecule has 0 aliphatic carbocycles. The van der Waals surface area contributed by atoms with E-state index < -0.39 is 5.97 Å². The predicted molar refractivity (Wildman–Crippen MR) is 50.9 cm³/mol. The van der Waals surface area contributed by atoms with Gasteiger partial charge in [-0.25, -0.2) is 4.79 Å². The monoisotopic (exact) mass is 200 g/mol. The van der Waals surface area contributed by atoms with Crippen molar-refractivity contribution in [3.05, 3.63) is 12.2 Å². The largest absolute Gasteiger partial charge is 0.478 e. The molecular formula is C10H16O4. The number of allylic oxidation sites excluding steroid dienone is 1. The topological polar surface area (TPSA) is 55.8 Å². The van der Waals surface area contributed by atoms with Gasteiger partial charge in [0, 0.05) is 6.08 Å². The third kappa shape index (κ3) is 4.99. The molecule has 0 spiro atoms. The van der Waals surface area contributed by atoms with Crippen molar-refractivity contribution in [3.63, 3.8) is 0 Å². The normalized spacial score (nSPS) is 18.9. The molecule has 0 aromatic rings. The van der Waals surface area contributed by atoms with Gasteiger partial charge < -0.3 is 14.6 Å². The minimum atomic E-state index is -0.893. The van der Waals surface area contributed by atoms with Crippen LogP contribution in [-0.4, -0.2) is 30.6 Å². The summed E-state index contributed by atoms with van der Waals surface area (Å²) in [6, 6.07) is 0. The van der Waals surface area contributed by atoms with Crippen LogP contribution in [0.15, 0.2) is 12.2 Å². The highest BCUT2D eigenvalue weighted by atomic mass is 16.7. The first-order valence-electron chi connectivity index (χ1n) is 4.91. The summed E-state index contributed by atoms with van der Waals surface area (Å²) < 4.78 is 10.7. The lowest BCUT2D eigenvalue weighted by atomic mass is 10.2. The van der Waals surface area contributed by atoms with Crippen LogP contribution in [0.1, 0.15) is 25.7 Å². The van der Waals surface area contributed by atoms with Gasteiger partial charge in [0.2, 0.25) is 0 Å². The highest BCUT2D eigenvalue weighted by molar-refractivity contribution is 5.79. The van der Waals surface area contributed by atoms with Crippen molar-refractivity contribution in [2.24, 2.45) is 0 Å². The molecule has 1 fully saturated rings. The Morgan fingerprint density at radius 3 is 2.79 bits per heavy atom. The van der Waals surface area contributed by atoms with E-state index in [1.165, 1.54) is 6.08 Å². The van der Waals surface area contributed by atoms with Gasteiger partial charge in [0.25, 0.3) is 0 Å². The minimum absolute atomic E-state index is 0.0815. The molecular weight excluding hydrogens is 184 g/mol. The van der Waals surface area contributed by atoms with E-state index in [9.17, 15) is 4.79 Å². The van der Waals surface area contributed by atoms with E-state index in [0.717, 1.165) is 38.9 Å². The zero-order valence-electron chi connectivity index (χ0n) is 8.15. The van der Waals surface area contributed by atoms with Crippen LogP contribution >= 0.6 is 0 Å². The molecule has 1 aliphatic heterocycles. The number of hydrogen-bond donors (Lipinski definition) is 1. The van der Waals surface area contributed by atoms with Crippen LogP contribution in [0.4, 0.5) is 0 Å². The summed E-state index contributed by atoms with van der Waals surface area (Å²) in [4.78, 5) is 10.1. The summed E-state index contributed by atoms with van der Waals surface area (Å²) in [6.07, 6.45) is 6.21. The van der Waals surface area contributed by atoms with E-state index in [0.29, 0.717) is 0 Å². The van der Waals surface area contributed by atoms with Crippen LogP contribution in [0.2, 0.25) is 0 Å². The molecule has 1 saturated heterocycles. The fraction of sp³-hybridized carbons (Fsp3) is 0.700. The molecule has 0 radical (unpaired) electrons. The number of hydrogen-bond acceptors (Lipinski definition) is 3. The summed E-state index contributed by atoms with van der Waals surface area (Å²) in [7, 11) is 0. The fourth-order valence-corrected chi connectivity index (χ4v) is 1.29. The van der Waals surface area contributed by atoms with E-state index in [1.807, 2.05) is 0 Å². The van der Waals surface area contributed by atoms with Crippen LogP contribution in [0.3, 0.4) is 0 Å². The van der Waals surface area contributed by atoms with E-state index >= 15 is 0 Å². The molecule has 0 atom stereocenters. The molecule has 1 aliphatic rings. The number of unbranched alkanes of at least 4 members (excludes halogenated alkanes) is 1. The highest BCUT2D eigenvalue weighted by Gasteiger charge is 2.12. The Balaban J connectivity index is 2.00. The molecule has 4 heteroatoms. The van der Waals surface area contributed by atoms with Crippen LogP contribution in [0.25, 0.3) is 0 Å². The molecule has 0 aromatic carbocycles. The van der Waals surface area contributed by atoms with Gasteiger partial charge in [-0.05, 0) is 25.7 Å². The van der Waals surface area contributed by atoms with Gasteiger partial charge in [0.15, 0.2) is 6.29 Å². The van der Waals surface area contributed by atoms with E-state index in [4.69, 9.17) is 14.6 Å². The summed E-state index contributed by atoms with van der Waals surface area (Å²) in [5.74, 6) is -0.893. The standard InChI is InChI=1S/C10H16O4/c11-9(12)5-2-1-3-6-10-13-7-4-8-14-10/h2,5,10H,1,3-4,6-8H2,(H,11,12). The molecule has 0 unspecified atom stereocenters. The smallest absolute Gasteiger partial charge is 0.327 e. The van der Waals surface area contributed by atoms with Crippen LogP contribution in [-0.2, 0) is 14.3 Å². The number of ether oxygens (including phenoxy) is 2. The fourth-order valence-electron chi connectivity index (χ4n) is 1.29. The number of rotatable bonds is 5. The average molecular weight is 200 g/mol. The Kier molecular flexibility index (Phi) is 5.25. The number of carbonyl (C=O) groups is 1. The first-order chi connectivity index (χ1) is 6.79. The summed E-state index contributed by atoms with van der Waals surface area (Å²) in [5, 5.41) is 8.33. The van der Waals surface area contributed by atoms with Crippen molar-refractivity contribution < 1.29 is 19.4 Å². The Bertz CT molecular complexity index is 194. The molecule has 0 bridgehead atoms. The maximum absolute atomic E-state index is 10.1. The van der Waals surface area contributed by atoms with Gasteiger partial charge in [-0.1, -0.05) is 6.08 Å². The van der Waals surface area contributed by atoms with Crippen molar-refractivity contribution in [2.45, 2.75) is 32.0 Å². The molecule has 14 heavy (non-hydrogen) atoms. The zero-order valence-corrected chi connectivity index (χ0v) is 8.15. The maximum atomic E-state index is 10.1. The van der Waals surface area contributed by atoms with Gasteiger partial charge in [-0.2, -0.15) is 0 Å². The quantitative estimate of drug-likeness (QED) is 0.540. The van der Waals surface area contributed by atoms with Crippen molar-refractivity contribution in [1.82, 2.24) is 0 Å². The molecule has 1 rings (SSSR count). The molecule has 0 aromatic heterocycles. The van der Waals surface area contributed by atoms with Crippen molar-refractivity contribution in [2.75, 3.05) is 13.2 Å². The van der Waals surface area contributed by atoms with E-state index in [2.05, 4.69) is 0 Å². The van der Waals surface area contributed by atoms with Crippen LogP contribution < -0.4 is 0 Å². The van der Waals surface area contributed by atoms with Gasteiger partial charge >= 0.3 is 5.97 Å². The summed E-state index contributed by atoms with van der Waals surface area (Å²) >= 11 is 0. The van der Waals surface area contributed by atoms with E-state index in [-0.39, 0.29) is 6.29 Å². The lowest BCUT2D eigenvalue weighted by Gasteiger charge is -2.22. The highest BCUT2D eigenvalue weighted by Crippen LogP contribution is 2.11. The Labute approximate surface area is 83.5 Å². The SMILES string of the molecule is O=C(O)C=CCCCC1OCCCO1. The zero-order chi connectivity index (χ0) is 10.2. The van der Waals surface area contributed by atoms with Crippen molar-refractivity contribution >= 4 is 5.97 Å². The third-order valence-electron chi connectivity index (χ3n) is 1.97. The second-order valence-electron chi connectivity index (χ2n) is 3.20. The van der Waals surface area contributed by atoms with Gasteiger partial charge in [0.1, 0.15) is 0 Å². The average Bonchev–Trinajstić information content (AvgIpc) is 2.18. The second kappa shape index (κ2) is 6.56. The summed E-state index contributed by atoms with van der Waals surface area (Å²) in [6.45, 7) is 1.55. The van der Waals surface area contributed by atoms with Crippen molar-refractivity contribution in [3.8, 4) is 0 Å². The number of carboxylic acids is 1. The predicted octanol–water partition coefficient (Wildman–Crippen LogP) is 1.56. The molecule has 4 nitrogen and oxygen atoms in total. The van der Waals surface area contributed by atoms with Crippen LogP contribution in [0.5, 0.6) is 0 Å². The Morgan fingerprint density at radius 1 is 1.43 bits per heavy atom. The molecule has 0 amide bonds. The van der Waals surface area contributed by atoms with E-state index in [1.54, 1.807) is 6.08 Å². The minimum Gasteiger partial charge on any atom is -0.478 e. The molecule has 80 valence electrons. The van der Waals surface area contributed by atoms with Gasteiger partial charge in [0.05, 0.1) is 13.2 Å². The number of aliphatic carboxylic acids is 1. The maximum Gasteiger partial charge on any atom is 0.327 e. The Morgan fingerprint density at radius 2 is 2.14 bits per heavy atom. The molecule has 0 saturated carbocycles. The van der Waals surface area contributed by atoms with Crippen LogP contribution in [0, 0.1) is 0 Å². The second-order valence-corrected chi connectivity index (χ2v) is 3.20. The lowest BCUT2D eigenvalue weighted by molar-refractivity contribution is -0.181. The first kappa shape index (κ1) is 11.2. The number of carboxylic acid groups (broad SMARTS) is 1. The molecule has 1 N–H and O–H groups in total. The first-order valence-corrected chi connectivity index (χ1v) is 4.91. The Hall–Kier alpha value is -0.870.